The first kappa shape index (κ1) is 13.6. The van der Waals surface area contributed by atoms with Gasteiger partial charge in [-0.05, 0) is 6.07 Å². The number of hydrogen-bond acceptors (Lipinski definition) is 6. The first-order valence-corrected chi connectivity index (χ1v) is 6.74. The minimum atomic E-state index is -0.152. The molecule has 3 rings (SSSR count). The Morgan fingerprint density at radius 1 is 1.52 bits per heavy atom. The SMILES string of the molecule is COc1ccncc1CN1CCc2nc(N)[nH]c(=O)c2C1. The molecular weight excluding hydrogens is 270 g/mol. The van der Waals surface area contributed by atoms with Gasteiger partial charge in [-0.2, -0.15) is 0 Å². The van der Waals surface area contributed by atoms with Gasteiger partial charge in [-0.25, -0.2) is 4.98 Å². The molecule has 0 saturated heterocycles. The third-order valence-corrected chi connectivity index (χ3v) is 3.64. The van der Waals surface area contributed by atoms with Crippen molar-refractivity contribution in [3.63, 3.8) is 0 Å². The molecule has 2 aromatic heterocycles. The van der Waals surface area contributed by atoms with Crippen LogP contribution in [0.15, 0.2) is 23.3 Å². The van der Waals surface area contributed by atoms with E-state index >= 15 is 0 Å². The van der Waals surface area contributed by atoms with Crippen LogP contribution in [0.5, 0.6) is 5.75 Å². The van der Waals surface area contributed by atoms with Crippen LogP contribution in [0.2, 0.25) is 0 Å². The fraction of sp³-hybridized carbons (Fsp3) is 0.357. The zero-order valence-corrected chi connectivity index (χ0v) is 11.8. The third-order valence-electron chi connectivity index (χ3n) is 3.64. The van der Waals surface area contributed by atoms with Crippen LogP contribution in [0.4, 0.5) is 5.95 Å². The van der Waals surface area contributed by atoms with E-state index in [-0.39, 0.29) is 11.5 Å². The highest BCUT2D eigenvalue weighted by Gasteiger charge is 2.21. The Morgan fingerprint density at radius 3 is 3.19 bits per heavy atom. The second-order valence-electron chi connectivity index (χ2n) is 5.02. The molecule has 0 amide bonds. The number of nitrogens with one attached hydrogen (secondary N) is 1. The molecule has 0 unspecified atom stereocenters. The highest BCUT2D eigenvalue weighted by atomic mass is 16.5. The van der Waals surface area contributed by atoms with Gasteiger partial charge < -0.3 is 10.5 Å². The molecule has 21 heavy (non-hydrogen) atoms. The van der Waals surface area contributed by atoms with Gasteiger partial charge in [0, 0.05) is 44.0 Å². The van der Waals surface area contributed by atoms with Gasteiger partial charge in [-0.15, -0.1) is 0 Å². The predicted octanol–water partition coefficient (Wildman–Crippen LogP) is 0.314. The molecule has 7 nitrogen and oxygen atoms in total. The largest absolute Gasteiger partial charge is 0.496 e. The van der Waals surface area contributed by atoms with Gasteiger partial charge in [-0.3, -0.25) is 19.7 Å². The maximum Gasteiger partial charge on any atom is 0.257 e. The number of pyridine rings is 1. The van der Waals surface area contributed by atoms with E-state index in [0.29, 0.717) is 25.1 Å². The number of nitrogens with two attached hydrogens (primary N) is 1. The normalized spacial score (nSPS) is 14.7. The number of ether oxygens (including phenoxy) is 1. The quantitative estimate of drug-likeness (QED) is 0.843. The predicted molar refractivity (Wildman–Crippen MR) is 77.9 cm³/mol. The van der Waals surface area contributed by atoms with Gasteiger partial charge in [0.25, 0.3) is 5.56 Å². The average molecular weight is 287 g/mol. The summed E-state index contributed by atoms with van der Waals surface area (Å²) in [4.78, 5) is 25.0. The van der Waals surface area contributed by atoms with Crippen molar-refractivity contribution in [3.8, 4) is 5.75 Å². The summed E-state index contributed by atoms with van der Waals surface area (Å²) in [6.45, 7) is 2.05. The first-order valence-electron chi connectivity index (χ1n) is 6.74. The molecule has 110 valence electrons. The van der Waals surface area contributed by atoms with Gasteiger partial charge in [0.2, 0.25) is 5.95 Å². The van der Waals surface area contributed by atoms with Crippen LogP contribution in [-0.4, -0.2) is 33.5 Å². The molecule has 0 saturated carbocycles. The van der Waals surface area contributed by atoms with Crippen LogP contribution in [0.25, 0.3) is 0 Å². The number of nitrogen functional groups attached to an aromatic ring is 1. The topological polar surface area (TPSA) is 97.1 Å². The van der Waals surface area contributed by atoms with Gasteiger partial charge in [0.05, 0.1) is 18.4 Å². The van der Waals surface area contributed by atoms with E-state index in [1.54, 1.807) is 19.5 Å². The van der Waals surface area contributed by atoms with Crippen LogP contribution < -0.4 is 16.0 Å². The molecule has 2 aromatic rings. The van der Waals surface area contributed by atoms with Crippen LogP contribution in [0, 0.1) is 0 Å². The van der Waals surface area contributed by atoms with Crippen LogP contribution >= 0.6 is 0 Å². The summed E-state index contributed by atoms with van der Waals surface area (Å²) in [5.41, 5.74) is 7.91. The number of aromatic nitrogens is 3. The van der Waals surface area contributed by atoms with E-state index in [4.69, 9.17) is 10.5 Å². The lowest BCUT2D eigenvalue weighted by molar-refractivity contribution is 0.238. The van der Waals surface area contributed by atoms with E-state index < -0.39 is 0 Å². The standard InChI is InChI=1S/C14H17N5O2/c1-21-12-2-4-16-6-9(12)7-19-5-3-11-10(8-19)13(20)18-14(15)17-11/h2,4,6H,3,5,7-8H2,1H3,(H3,15,17,18,20). The van der Waals surface area contributed by atoms with Crippen LogP contribution in [0.3, 0.4) is 0 Å². The Bertz CT molecular complexity index is 713. The number of hydrogen-bond donors (Lipinski definition) is 2. The molecule has 0 atom stereocenters. The van der Waals surface area contributed by atoms with Crippen LogP contribution in [0.1, 0.15) is 16.8 Å². The number of aromatic amines is 1. The summed E-state index contributed by atoms with van der Waals surface area (Å²) >= 11 is 0. The number of fused-ring (bicyclic) bond motifs is 1. The number of rotatable bonds is 3. The van der Waals surface area contributed by atoms with E-state index in [0.717, 1.165) is 23.6 Å². The Morgan fingerprint density at radius 2 is 2.38 bits per heavy atom. The van der Waals surface area contributed by atoms with E-state index in [9.17, 15) is 4.79 Å². The molecule has 1 aliphatic rings. The van der Waals surface area contributed by atoms with Crippen molar-refractivity contribution >= 4 is 5.95 Å². The van der Waals surface area contributed by atoms with Crippen molar-refractivity contribution in [2.45, 2.75) is 19.5 Å². The van der Waals surface area contributed by atoms with Gasteiger partial charge in [0.15, 0.2) is 0 Å². The highest BCUT2D eigenvalue weighted by molar-refractivity contribution is 5.31. The molecule has 0 radical (unpaired) electrons. The zero-order chi connectivity index (χ0) is 14.8. The average Bonchev–Trinajstić information content (AvgIpc) is 2.48. The smallest absolute Gasteiger partial charge is 0.257 e. The summed E-state index contributed by atoms with van der Waals surface area (Å²) in [5, 5.41) is 0. The molecule has 1 aliphatic heterocycles. The minimum absolute atomic E-state index is 0.152. The highest BCUT2D eigenvalue weighted by Crippen LogP contribution is 2.21. The second-order valence-corrected chi connectivity index (χ2v) is 5.02. The number of anilines is 1. The number of nitrogens with zero attached hydrogens (tertiary/aromatic N) is 3. The maximum absolute atomic E-state index is 12.0. The third kappa shape index (κ3) is 2.73. The summed E-state index contributed by atoms with van der Waals surface area (Å²) in [7, 11) is 1.64. The monoisotopic (exact) mass is 287 g/mol. The number of methoxy groups -OCH3 is 1. The fourth-order valence-corrected chi connectivity index (χ4v) is 2.61. The van der Waals surface area contributed by atoms with Gasteiger partial charge in [-0.1, -0.05) is 0 Å². The molecule has 3 heterocycles. The molecule has 0 spiro atoms. The molecule has 0 aromatic carbocycles. The molecule has 0 fully saturated rings. The Labute approximate surface area is 121 Å². The molecular formula is C14H17N5O2. The first-order chi connectivity index (χ1) is 10.2. The summed E-state index contributed by atoms with van der Waals surface area (Å²) < 4.78 is 5.33. The summed E-state index contributed by atoms with van der Waals surface area (Å²) in [5.74, 6) is 0.987. The maximum atomic E-state index is 12.0. The zero-order valence-electron chi connectivity index (χ0n) is 11.8. The second kappa shape index (κ2) is 5.53. The van der Waals surface area contributed by atoms with Crippen molar-refractivity contribution in [1.29, 1.82) is 0 Å². The lowest BCUT2D eigenvalue weighted by Gasteiger charge is -2.27. The van der Waals surface area contributed by atoms with Crippen molar-refractivity contribution in [2.75, 3.05) is 19.4 Å². The lowest BCUT2D eigenvalue weighted by atomic mass is 10.1. The Hall–Kier alpha value is -2.41. The fourth-order valence-electron chi connectivity index (χ4n) is 2.61. The Kier molecular flexibility index (Phi) is 3.57. The molecule has 3 N–H and O–H groups in total. The van der Waals surface area contributed by atoms with Gasteiger partial charge in [0.1, 0.15) is 5.75 Å². The van der Waals surface area contributed by atoms with E-state index in [1.165, 1.54) is 0 Å². The van der Waals surface area contributed by atoms with Crippen molar-refractivity contribution in [3.05, 3.63) is 45.6 Å². The summed E-state index contributed by atoms with van der Waals surface area (Å²) in [6.07, 6.45) is 4.21. The van der Waals surface area contributed by atoms with E-state index in [2.05, 4.69) is 19.9 Å². The molecule has 0 aliphatic carbocycles. The van der Waals surface area contributed by atoms with Crippen molar-refractivity contribution in [1.82, 2.24) is 19.9 Å². The minimum Gasteiger partial charge on any atom is -0.496 e. The lowest BCUT2D eigenvalue weighted by Crippen LogP contribution is -2.35. The molecule has 0 bridgehead atoms. The van der Waals surface area contributed by atoms with Crippen molar-refractivity contribution in [2.24, 2.45) is 0 Å². The van der Waals surface area contributed by atoms with E-state index in [1.807, 2.05) is 6.07 Å². The van der Waals surface area contributed by atoms with Crippen LogP contribution in [-0.2, 0) is 19.5 Å². The molecule has 7 heteroatoms. The number of H-pyrrole nitrogens is 1. The summed E-state index contributed by atoms with van der Waals surface area (Å²) in [6, 6.07) is 1.84. The van der Waals surface area contributed by atoms with Crippen molar-refractivity contribution < 1.29 is 4.74 Å². The van der Waals surface area contributed by atoms with Gasteiger partial charge >= 0.3 is 0 Å². The Balaban J connectivity index is 1.82.